The van der Waals surface area contributed by atoms with Crippen LogP contribution in [0.4, 0.5) is 0 Å². The number of benzene rings is 1. The lowest BCUT2D eigenvalue weighted by Gasteiger charge is -2.21. The highest BCUT2D eigenvalue weighted by atomic mass is 35.5. The van der Waals surface area contributed by atoms with Crippen LogP contribution in [0.3, 0.4) is 0 Å². The second-order valence-corrected chi connectivity index (χ2v) is 3.44. The molecule has 0 radical (unpaired) electrons. The molecule has 1 atom stereocenters. The van der Waals surface area contributed by atoms with Gasteiger partial charge < -0.3 is 10.0 Å². The Balaban J connectivity index is 3.15. The average Bonchev–Trinajstić information content (AvgIpc) is 2.20. The minimum absolute atomic E-state index is 0.332. The Kier molecular flexibility index (Phi) is 3.68. The van der Waals surface area contributed by atoms with E-state index in [1.807, 2.05) is 0 Å². The van der Waals surface area contributed by atoms with Crippen LogP contribution in [-0.2, 0) is 9.59 Å². The zero-order valence-electron chi connectivity index (χ0n) is 8.05. The van der Waals surface area contributed by atoms with Gasteiger partial charge in [0.2, 0.25) is 6.41 Å². The molecule has 0 saturated heterocycles. The summed E-state index contributed by atoms with van der Waals surface area (Å²) in [7, 11) is 1.40. The zero-order valence-corrected chi connectivity index (χ0v) is 8.81. The lowest BCUT2D eigenvalue weighted by Crippen LogP contribution is -2.29. The Bertz CT molecular complexity index is 381. The monoisotopic (exact) mass is 227 g/mol. The molecule has 4 nitrogen and oxygen atoms in total. The number of carboxylic acids is 1. The summed E-state index contributed by atoms with van der Waals surface area (Å²) in [6.07, 6.45) is 0.460. The summed E-state index contributed by atoms with van der Waals surface area (Å²) in [4.78, 5) is 22.6. The van der Waals surface area contributed by atoms with Gasteiger partial charge in [-0.1, -0.05) is 29.8 Å². The van der Waals surface area contributed by atoms with Crippen molar-refractivity contribution in [2.75, 3.05) is 7.05 Å². The van der Waals surface area contributed by atoms with Crippen molar-refractivity contribution in [3.05, 3.63) is 34.9 Å². The van der Waals surface area contributed by atoms with Gasteiger partial charge in [-0.25, -0.2) is 4.79 Å². The molecule has 1 rings (SSSR count). The molecule has 15 heavy (non-hydrogen) atoms. The first kappa shape index (κ1) is 11.5. The molecule has 1 aromatic carbocycles. The van der Waals surface area contributed by atoms with E-state index in [1.165, 1.54) is 7.05 Å². The van der Waals surface area contributed by atoms with Gasteiger partial charge in [-0.3, -0.25) is 4.79 Å². The van der Waals surface area contributed by atoms with Crippen molar-refractivity contribution in [2.24, 2.45) is 0 Å². The Morgan fingerprint density at radius 2 is 2.13 bits per heavy atom. The summed E-state index contributed by atoms with van der Waals surface area (Å²) in [6.45, 7) is 0. The van der Waals surface area contributed by atoms with Crippen LogP contribution < -0.4 is 0 Å². The number of aliphatic carboxylic acids is 1. The van der Waals surface area contributed by atoms with Crippen LogP contribution in [0.5, 0.6) is 0 Å². The molecule has 0 aromatic heterocycles. The Morgan fingerprint density at radius 1 is 1.53 bits per heavy atom. The molecule has 0 aliphatic heterocycles. The lowest BCUT2D eigenvalue weighted by molar-refractivity contribution is -0.145. The summed E-state index contributed by atoms with van der Waals surface area (Å²) in [5.41, 5.74) is 0.404. The topological polar surface area (TPSA) is 57.6 Å². The van der Waals surface area contributed by atoms with E-state index in [2.05, 4.69) is 0 Å². The third kappa shape index (κ3) is 2.47. The van der Waals surface area contributed by atoms with Crippen molar-refractivity contribution < 1.29 is 14.7 Å². The zero-order chi connectivity index (χ0) is 11.4. The van der Waals surface area contributed by atoms with Crippen LogP contribution in [0.2, 0.25) is 5.02 Å². The third-order valence-electron chi connectivity index (χ3n) is 2.01. The summed E-state index contributed by atoms with van der Waals surface area (Å²) < 4.78 is 0. The SMILES string of the molecule is CN(C=O)C(C(=O)O)c1ccccc1Cl. The van der Waals surface area contributed by atoms with E-state index < -0.39 is 12.0 Å². The summed E-state index contributed by atoms with van der Waals surface area (Å²) >= 11 is 5.86. The van der Waals surface area contributed by atoms with Crippen molar-refractivity contribution in [1.29, 1.82) is 0 Å². The van der Waals surface area contributed by atoms with Gasteiger partial charge >= 0.3 is 5.97 Å². The molecule has 0 aliphatic carbocycles. The first-order valence-electron chi connectivity index (χ1n) is 4.22. The number of carbonyl (C=O) groups excluding carboxylic acids is 1. The van der Waals surface area contributed by atoms with E-state index in [9.17, 15) is 9.59 Å². The van der Waals surface area contributed by atoms with E-state index in [1.54, 1.807) is 24.3 Å². The molecule has 0 bridgehead atoms. The number of halogens is 1. The van der Waals surface area contributed by atoms with Crippen LogP contribution >= 0.6 is 11.6 Å². The molecule has 0 spiro atoms. The second-order valence-electron chi connectivity index (χ2n) is 3.03. The van der Waals surface area contributed by atoms with Gasteiger partial charge in [0.25, 0.3) is 0 Å². The average molecular weight is 228 g/mol. The fraction of sp³-hybridized carbons (Fsp3) is 0.200. The van der Waals surface area contributed by atoms with E-state index in [0.717, 1.165) is 4.90 Å². The molecule has 5 heteroatoms. The van der Waals surface area contributed by atoms with Crippen LogP contribution in [-0.4, -0.2) is 29.4 Å². The van der Waals surface area contributed by atoms with Gasteiger partial charge in [-0.2, -0.15) is 0 Å². The second kappa shape index (κ2) is 4.79. The minimum atomic E-state index is -1.11. The van der Waals surface area contributed by atoms with Gasteiger partial charge in [-0.05, 0) is 6.07 Å². The van der Waals surface area contributed by atoms with Crippen molar-refractivity contribution in [3.63, 3.8) is 0 Å². The molecular formula is C10H10ClNO3. The molecule has 1 aromatic rings. The number of hydrogen-bond acceptors (Lipinski definition) is 2. The number of nitrogens with zero attached hydrogens (tertiary/aromatic N) is 1. The Morgan fingerprint density at radius 3 is 2.60 bits per heavy atom. The number of amides is 1. The van der Waals surface area contributed by atoms with Crippen molar-refractivity contribution in [3.8, 4) is 0 Å². The van der Waals surface area contributed by atoms with Crippen LogP contribution in [0.25, 0.3) is 0 Å². The third-order valence-corrected chi connectivity index (χ3v) is 2.35. The first-order chi connectivity index (χ1) is 7.07. The molecule has 80 valence electrons. The quantitative estimate of drug-likeness (QED) is 0.794. The van der Waals surface area contributed by atoms with Gasteiger partial charge in [-0.15, -0.1) is 0 Å². The molecule has 0 saturated carbocycles. The lowest BCUT2D eigenvalue weighted by atomic mass is 10.1. The maximum absolute atomic E-state index is 11.0. The van der Waals surface area contributed by atoms with E-state index in [-0.39, 0.29) is 0 Å². The molecule has 1 N–H and O–H groups in total. The highest BCUT2D eigenvalue weighted by molar-refractivity contribution is 6.31. The first-order valence-corrected chi connectivity index (χ1v) is 4.60. The number of carboxylic acid groups (broad SMARTS) is 1. The molecule has 0 fully saturated rings. The summed E-state index contributed by atoms with van der Waals surface area (Å²) in [6, 6.07) is 5.50. The van der Waals surface area contributed by atoms with Crippen LogP contribution in [0.1, 0.15) is 11.6 Å². The maximum Gasteiger partial charge on any atom is 0.331 e. The van der Waals surface area contributed by atoms with Crippen molar-refractivity contribution in [2.45, 2.75) is 6.04 Å². The fourth-order valence-electron chi connectivity index (χ4n) is 1.28. The minimum Gasteiger partial charge on any atom is -0.479 e. The van der Waals surface area contributed by atoms with Crippen molar-refractivity contribution >= 4 is 24.0 Å². The highest BCUT2D eigenvalue weighted by Crippen LogP contribution is 2.25. The molecule has 0 heterocycles. The largest absolute Gasteiger partial charge is 0.479 e. The predicted octanol–water partition coefficient (Wildman–Crippen LogP) is 1.55. The number of carbonyl (C=O) groups is 2. The van der Waals surface area contributed by atoms with Gasteiger partial charge in [0.05, 0.1) is 0 Å². The standard InChI is InChI=1S/C10H10ClNO3/c1-12(6-13)9(10(14)15)7-4-2-3-5-8(7)11/h2-6,9H,1H3,(H,14,15). The highest BCUT2D eigenvalue weighted by Gasteiger charge is 2.25. The fourth-order valence-corrected chi connectivity index (χ4v) is 1.52. The van der Waals surface area contributed by atoms with E-state index in [4.69, 9.17) is 16.7 Å². The Labute approximate surface area is 92.1 Å². The summed E-state index contributed by atoms with van der Waals surface area (Å²) in [5.74, 6) is -1.11. The molecule has 1 unspecified atom stereocenters. The Hall–Kier alpha value is -1.55. The molecule has 0 aliphatic rings. The van der Waals surface area contributed by atoms with Crippen molar-refractivity contribution in [1.82, 2.24) is 4.90 Å². The maximum atomic E-state index is 11.0. The van der Waals surface area contributed by atoms with Gasteiger partial charge in [0.15, 0.2) is 6.04 Å². The molecular weight excluding hydrogens is 218 g/mol. The smallest absolute Gasteiger partial charge is 0.331 e. The van der Waals surface area contributed by atoms with E-state index in [0.29, 0.717) is 17.0 Å². The normalized spacial score (nSPS) is 11.9. The van der Waals surface area contributed by atoms with E-state index >= 15 is 0 Å². The number of likely N-dealkylation sites (N-methyl/N-ethyl adjacent to an activating group) is 1. The summed E-state index contributed by atoms with van der Waals surface area (Å²) in [5, 5.41) is 9.33. The predicted molar refractivity (Wildman–Crippen MR) is 55.7 cm³/mol. The van der Waals surface area contributed by atoms with Crippen LogP contribution in [0, 0.1) is 0 Å². The van der Waals surface area contributed by atoms with Crippen LogP contribution in [0.15, 0.2) is 24.3 Å². The molecule has 1 amide bonds. The number of rotatable bonds is 4. The number of hydrogen-bond donors (Lipinski definition) is 1. The van der Waals surface area contributed by atoms with Gasteiger partial charge in [0.1, 0.15) is 0 Å². The van der Waals surface area contributed by atoms with Gasteiger partial charge in [0, 0.05) is 17.6 Å².